The monoisotopic (exact) mass is 502 g/mol. The van der Waals surface area contributed by atoms with E-state index in [1.54, 1.807) is 31.2 Å². The second-order valence-electron chi connectivity index (χ2n) is 7.23. The largest absolute Gasteiger partial charge is 0.324 e. The van der Waals surface area contributed by atoms with Gasteiger partial charge in [-0.15, -0.1) is 0 Å². The molecule has 8 heteroatoms. The number of fused-ring (bicyclic) bond motifs is 5. The number of anilines is 1. The molecule has 1 N–H and O–H groups in total. The Kier molecular flexibility index (Phi) is 4.68. The van der Waals surface area contributed by atoms with Crippen LogP contribution in [0.5, 0.6) is 0 Å². The number of halogens is 3. The number of likely N-dealkylation sites (tertiary alicyclic amines) is 1. The molecular formula is C18H17Br2ClN2O3. The summed E-state index contributed by atoms with van der Waals surface area (Å²) in [6, 6.07) is 5.91. The Morgan fingerprint density at radius 3 is 2.31 bits per heavy atom. The molecule has 1 aromatic carbocycles. The lowest BCUT2D eigenvalue weighted by molar-refractivity contribution is -0.146. The van der Waals surface area contributed by atoms with E-state index >= 15 is 0 Å². The quantitative estimate of drug-likeness (QED) is 0.507. The van der Waals surface area contributed by atoms with Crippen LogP contribution in [0.1, 0.15) is 13.3 Å². The van der Waals surface area contributed by atoms with Crippen LogP contribution < -0.4 is 5.32 Å². The fourth-order valence-corrected chi connectivity index (χ4v) is 6.75. The van der Waals surface area contributed by atoms with Crippen molar-refractivity contribution in [1.29, 1.82) is 0 Å². The predicted molar refractivity (Wildman–Crippen MR) is 105 cm³/mol. The summed E-state index contributed by atoms with van der Waals surface area (Å²) in [7, 11) is 0. The van der Waals surface area contributed by atoms with E-state index in [1.165, 1.54) is 4.90 Å². The molecule has 0 aromatic heterocycles. The zero-order valence-electron chi connectivity index (χ0n) is 13.9. The minimum absolute atomic E-state index is 0.138. The molecule has 3 amide bonds. The third kappa shape index (κ3) is 2.66. The van der Waals surface area contributed by atoms with E-state index in [2.05, 4.69) is 37.2 Å². The predicted octanol–water partition coefficient (Wildman–Crippen LogP) is 3.44. The van der Waals surface area contributed by atoms with Gasteiger partial charge in [0.05, 0.1) is 11.8 Å². The number of hydrogen-bond acceptors (Lipinski definition) is 3. The van der Waals surface area contributed by atoms with Crippen molar-refractivity contribution < 1.29 is 14.4 Å². The van der Waals surface area contributed by atoms with E-state index < -0.39 is 11.9 Å². The lowest BCUT2D eigenvalue weighted by atomic mass is 9.81. The zero-order chi connectivity index (χ0) is 18.7. The standard InChI is InChI=1S/C18H17Br2ClN2O3/c1-7(16(24)22-9-4-2-3-8(21)5-9)23-17(25)12-10-6-11(13(12)18(23)26)15(20)14(10)19/h2-5,7,10-15H,6H2,1H3,(H,22,24)/t7-,10-,11-,12-,13-,14-,15+/m0/s1. The molecule has 138 valence electrons. The zero-order valence-corrected chi connectivity index (χ0v) is 17.8. The lowest BCUT2D eigenvalue weighted by Crippen LogP contribution is -2.46. The van der Waals surface area contributed by atoms with Crippen molar-refractivity contribution in [2.75, 3.05) is 5.32 Å². The molecule has 1 aliphatic heterocycles. The molecule has 1 saturated heterocycles. The minimum Gasteiger partial charge on any atom is -0.324 e. The molecule has 1 heterocycles. The van der Waals surface area contributed by atoms with Crippen LogP contribution in [-0.4, -0.2) is 38.3 Å². The highest BCUT2D eigenvalue weighted by Crippen LogP contribution is 2.60. The second-order valence-corrected chi connectivity index (χ2v) is 9.78. The van der Waals surface area contributed by atoms with Crippen molar-refractivity contribution in [3.8, 4) is 0 Å². The molecule has 4 rings (SSSR count). The number of carbonyl (C=O) groups excluding carboxylic acids is 3. The lowest BCUT2D eigenvalue weighted by Gasteiger charge is -2.28. The van der Waals surface area contributed by atoms with Crippen molar-refractivity contribution in [2.45, 2.75) is 29.0 Å². The van der Waals surface area contributed by atoms with E-state index in [-0.39, 0.29) is 45.1 Å². The molecule has 2 aliphatic carbocycles. The topological polar surface area (TPSA) is 66.5 Å². The number of alkyl halides is 2. The molecule has 0 spiro atoms. The highest BCUT2D eigenvalue weighted by molar-refractivity contribution is 9.12. The van der Waals surface area contributed by atoms with Crippen molar-refractivity contribution in [1.82, 2.24) is 4.90 Å². The summed E-state index contributed by atoms with van der Waals surface area (Å²) in [6.07, 6.45) is 0.871. The van der Waals surface area contributed by atoms with Gasteiger partial charge in [-0.3, -0.25) is 19.3 Å². The Morgan fingerprint density at radius 1 is 1.19 bits per heavy atom. The van der Waals surface area contributed by atoms with E-state index in [0.717, 1.165) is 6.42 Å². The fourth-order valence-electron chi connectivity index (χ4n) is 4.68. The first-order valence-electron chi connectivity index (χ1n) is 8.52. The van der Waals surface area contributed by atoms with Crippen molar-refractivity contribution >= 4 is 66.9 Å². The summed E-state index contributed by atoms with van der Waals surface area (Å²) in [4.78, 5) is 40.1. The smallest absolute Gasteiger partial charge is 0.247 e. The second kappa shape index (κ2) is 6.60. The van der Waals surface area contributed by atoms with Gasteiger partial charge in [0.2, 0.25) is 17.7 Å². The van der Waals surface area contributed by atoms with Crippen LogP contribution in [0.15, 0.2) is 24.3 Å². The third-order valence-corrected chi connectivity index (χ3v) is 9.32. The summed E-state index contributed by atoms with van der Waals surface area (Å²) < 4.78 is 0. The van der Waals surface area contributed by atoms with Crippen LogP contribution >= 0.6 is 43.5 Å². The number of amides is 3. The molecule has 2 saturated carbocycles. The summed E-state index contributed by atoms with van der Waals surface area (Å²) in [6.45, 7) is 1.59. The number of hydrogen-bond donors (Lipinski definition) is 1. The maximum atomic E-state index is 13.0. The fraction of sp³-hybridized carbons (Fsp3) is 0.500. The maximum absolute atomic E-state index is 13.0. The number of benzene rings is 1. The molecular weight excluding hydrogens is 487 g/mol. The number of nitrogens with one attached hydrogen (secondary N) is 1. The average Bonchev–Trinajstić information content (AvgIpc) is 3.19. The van der Waals surface area contributed by atoms with Crippen LogP contribution in [-0.2, 0) is 14.4 Å². The summed E-state index contributed by atoms with van der Waals surface area (Å²) in [5.41, 5.74) is 0.537. The third-order valence-electron chi connectivity index (χ3n) is 5.88. The molecule has 7 atom stereocenters. The van der Waals surface area contributed by atoms with Crippen LogP contribution in [0.25, 0.3) is 0 Å². The molecule has 1 aromatic rings. The number of carbonyl (C=O) groups is 3. The van der Waals surface area contributed by atoms with Gasteiger partial charge >= 0.3 is 0 Å². The Hall–Kier alpha value is -0.920. The van der Waals surface area contributed by atoms with Crippen molar-refractivity contribution in [3.63, 3.8) is 0 Å². The van der Waals surface area contributed by atoms with Gasteiger partial charge in [-0.2, -0.15) is 0 Å². The van der Waals surface area contributed by atoms with Crippen molar-refractivity contribution in [3.05, 3.63) is 29.3 Å². The Balaban J connectivity index is 1.54. The van der Waals surface area contributed by atoms with Gasteiger partial charge in [-0.05, 0) is 43.4 Å². The van der Waals surface area contributed by atoms with Crippen molar-refractivity contribution in [2.24, 2.45) is 23.7 Å². The summed E-state index contributed by atoms with van der Waals surface area (Å²) in [5, 5.41) is 3.24. The molecule has 26 heavy (non-hydrogen) atoms. The van der Waals surface area contributed by atoms with Crippen LogP contribution in [0.4, 0.5) is 5.69 Å². The Bertz CT molecular complexity index is 772. The maximum Gasteiger partial charge on any atom is 0.247 e. The SMILES string of the molecule is C[C@@H](C(=O)Nc1cccc(Cl)c1)N1C(=O)[C@H]2[C@@H]3C[C@H]([C@@H](Br)[C@H]3Br)[C@@H]2C1=O. The van der Waals surface area contributed by atoms with Gasteiger partial charge in [-0.25, -0.2) is 0 Å². The van der Waals surface area contributed by atoms with Gasteiger partial charge in [0.15, 0.2) is 0 Å². The first-order valence-corrected chi connectivity index (χ1v) is 10.7. The number of imide groups is 1. The molecule has 2 bridgehead atoms. The molecule has 0 unspecified atom stereocenters. The Labute approximate surface area is 173 Å². The number of rotatable bonds is 3. The molecule has 0 radical (unpaired) electrons. The summed E-state index contributed by atoms with van der Waals surface area (Å²) >= 11 is 13.3. The average molecular weight is 505 g/mol. The van der Waals surface area contributed by atoms with Gasteiger partial charge in [0.25, 0.3) is 0 Å². The molecule has 3 aliphatic rings. The van der Waals surface area contributed by atoms with E-state index in [1.807, 2.05) is 0 Å². The number of nitrogens with zero attached hydrogens (tertiary/aromatic N) is 1. The van der Waals surface area contributed by atoms with Crippen LogP contribution in [0.2, 0.25) is 5.02 Å². The van der Waals surface area contributed by atoms with Gasteiger partial charge in [0.1, 0.15) is 6.04 Å². The van der Waals surface area contributed by atoms with Gasteiger partial charge in [0, 0.05) is 20.4 Å². The van der Waals surface area contributed by atoms with E-state index in [9.17, 15) is 14.4 Å². The Morgan fingerprint density at radius 2 is 1.77 bits per heavy atom. The molecule has 3 fully saturated rings. The van der Waals surface area contributed by atoms with Gasteiger partial charge < -0.3 is 5.32 Å². The summed E-state index contributed by atoms with van der Waals surface area (Å²) in [5.74, 6) is -1.18. The first kappa shape index (κ1) is 18.4. The normalized spacial score (nSPS) is 36.4. The van der Waals surface area contributed by atoms with E-state index in [0.29, 0.717) is 10.7 Å². The highest BCUT2D eigenvalue weighted by Gasteiger charge is 2.67. The van der Waals surface area contributed by atoms with Crippen LogP contribution in [0, 0.1) is 23.7 Å². The van der Waals surface area contributed by atoms with E-state index in [4.69, 9.17) is 11.6 Å². The first-order chi connectivity index (χ1) is 12.3. The van der Waals surface area contributed by atoms with Gasteiger partial charge in [-0.1, -0.05) is 49.5 Å². The minimum atomic E-state index is -0.860. The van der Waals surface area contributed by atoms with Crippen LogP contribution in [0.3, 0.4) is 0 Å². The molecule has 5 nitrogen and oxygen atoms in total. The highest BCUT2D eigenvalue weighted by atomic mass is 79.9.